The Morgan fingerprint density at radius 1 is 1.23 bits per heavy atom. The van der Waals surface area contributed by atoms with E-state index in [9.17, 15) is 9.59 Å². The van der Waals surface area contributed by atoms with E-state index in [1.807, 2.05) is 30.3 Å². The summed E-state index contributed by atoms with van der Waals surface area (Å²) in [6.45, 7) is 0.674. The number of aromatic amines is 1. The zero-order valence-electron chi connectivity index (χ0n) is 12.1. The quantitative estimate of drug-likeness (QED) is 0.802. The Balaban J connectivity index is 1.70. The summed E-state index contributed by atoms with van der Waals surface area (Å²) in [7, 11) is 0. The zero-order valence-corrected chi connectivity index (χ0v) is 12.1. The Morgan fingerprint density at radius 3 is 2.86 bits per heavy atom. The van der Waals surface area contributed by atoms with E-state index in [-0.39, 0.29) is 11.8 Å². The molecule has 6 nitrogen and oxygen atoms in total. The van der Waals surface area contributed by atoms with Crippen LogP contribution in [0.1, 0.15) is 29.8 Å². The van der Waals surface area contributed by atoms with Gasteiger partial charge in [-0.15, -0.1) is 0 Å². The number of hydrogen-bond donors (Lipinski definition) is 3. The number of rotatable bonds is 3. The van der Waals surface area contributed by atoms with Gasteiger partial charge in [0.2, 0.25) is 5.91 Å². The fourth-order valence-corrected chi connectivity index (χ4v) is 2.51. The largest absolute Gasteiger partial charge is 0.354 e. The smallest absolute Gasteiger partial charge is 0.269 e. The first-order chi connectivity index (χ1) is 10.7. The van der Waals surface area contributed by atoms with E-state index in [1.165, 1.54) is 0 Å². The monoisotopic (exact) mass is 298 g/mol. The van der Waals surface area contributed by atoms with Gasteiger partial charge in [0.1, 0.15) is 11.7 Å². The van der Waals surface area contributed by atoms with Crippen molar-refractivity contribution in [3.8, 4) is 11.3 Å². The number of nitrogens with one attached hydrogen (secondary N) is 3. The highest BCUT2D eigenvalue weighted by Gasteiger charge is 2.23. The molecular weight excluding hydrogens is 280 g/mol. The SMILES string of the molecule is O=C(NC1CCCCNC1=O)c1cc(-c2ccccc2)n[nH]1. The van der Waals surface area contributed by atoms with E-state index in [4.69, 9.17) is 0 Å². The van der Waals surface area contributed by atoms with Crippen LogP contribution >= 0.6 is 0 Å². The third-order valence-electron chi connectivity index (χ3n) is 3.73. The summed E-state index contributed by atoms with van der Waals surface area (Å²) in [5, 5.41) is 12.5. The predicted octanol–water partition coefficient (Wildman–Crippen LogP) is 1.48. The molecule has 6 heteroatoms. The van der Waals surface area contributed by atoms with Crippen molar-refractivity contribution in [1.29, 1.82) is 0 Å². The van der Waals surface area contributed by atoms with Crippen LogP contribution in [0.5, 0.6) is 0 Å². The second-order valence-electron chi connectivity index (χ2n) is 5.35. The molecule has 0 radical (unpaired) electrons. The van der Waals surface area contributed by atoms with E-state index in [0.29, 0.717) is 24.4 Å². The Kier molecular flexibility index (Phi) is 4.18. The normalized spacial score (nSPS) is 18.4. The molecule has 0 spiro atoms. The van der Waals surface area contributed by atoms with Crippen LogP contribution in [-0.2, 0) is 4.79 Å². The third-order valence-corrected chi connectivity index (χ3v) is 3.73. The molecule has 1 unspecified atom stereocenters. The van der Waals surface area contributed by atoms with Crippen molar-refractivity contribution in [2.45, 2.75) is 25.3 Å². The lowest BCUT2D eigenvalue weighted by Crippen LogP contribution is -2.45. The minimum Gasteiger partial charge on any atom is -0.354 e. The van der Waals surface area contributed by atoms with Crippen molar-refractivity contribution in [2.24, 2.45) is 0 Å². The minimum absolute atomic E-state index is 0.117. The Hall–Kier alpha value is -2.63. The second-order valence-corrected chi connectivity index (χ2v) is 5.35. The van der Waals surface area contributed by atoms with Gasteiger partial charge in [0.25, 0.3) is 5.91 Å². The number of carbonyl (C=O) groups excluding carboxylic acids is 2. The van der Waals surface area contributed by atoms with Crippen LogP contribution in [0.4, 0.5) is 0 Å². The number of H-pyrrole nitrogens is 1. The molecule has 0 bridgehead atoms. The molecule has 2 amide bonds. The summed E-state index contributed by atoms with van der Waals surface area (Å²) < 4.78 is 0. The maximum atomic E-state index is 12.3. The van der Waals surface area contributed by atoms with Crippen molar-refractivity contribution >= 4 is 11.8 Å². The van der Waals surface area contributed by atoms with Gasteiger partial charge in [0.15, 0.2) is 0 Å². The van der Waals surface area contributed by atoms with Crippen molar-refractivity contribution in [1.82, 2.24) is 20.8 Å². The average Bonchev–Trinajstić information content (AvgIpc) is 2.96. The Bertz CT molecular complexity index is 666. The highest BCUT2D eigenvalue weighted by Crippen LogP contribution is 2.17. The molecule has 0 saturated carbocycles. The van der Waals surface area contributed by atoms with Crippen LogP contribution in [0.3, 0.4) is 0 Å². The first-order valence-corrected chi connectivity index (χ1v) is 7.43. The van der Waals surface area contributed by atoms with Crippen molar-refractivity contribution in [3.05, 3.63) is 42.1 Å². The average molecular weight is 298 g/mol. The Labute approximate surface area is 128 Å². The minimum atomic E-state index is -0.474. The molecule has 2 aromatic rings. The highest BCUT2D eigenvalue weighted by atomic mass is 16.2. The lowest BCUT2D eigenvalue weighted by atomic mass is 10.1. The van der Waals surface area contributed by atoms with Crippen LogP contribution in [0, 0.1) is 0 Å². The highest BCUT2D eigenvalue weighted by molar-refractivity contribution is 5.96. The number of carbonyl (C=O) groups is 2. The van der Waals surface area contributed by atoms with Crippen LogP contribution in [-0.4, -0.2) is 34.6 Å². The van der Waals surface area contributed by atoms with Gasteiger partial charge in [-0.2, -0.15) is 5.10 Å². The fraction of sp³-hybridized carbons (Fsp3) is 0.312. The lowest BCUT2D eigenvalue weighted by Gasteiger charge is -2.14. The molecule has 0 aliphatic carbocycles. The number of aromatic nitrogens is 2. The van der Waals surface area contributed by atoms with E-state index in [0.717, 1.165) is 18.4 Å². The molecule has 22 heavy (non-hydrogen) atoms. The Morgan fingerprint density at radius 2 is 2.05 bits per heavy atom. The summed E-state index contributed by atoms with van der Waals surface area (Å²) >= 11 is 0. The summed E-state index contributed by atoms with van der Waals surface area (Å²) in [6, 6.07) is 10.8. The van der Waals surface area contributed by atoms with Crippen molar-refractivity contribution in [2.75, 3.05) is 6.54 Å². The van der Waals surface area contributed by atoms with Gasteiger partial charge in [0.05, 0.1) is 5.69 Å². The van der Waals surface area contributed by atoms with Crippen LogP contribution in [0.25, 0.3) is 11.3 Å². The molecular formula is C16H18N4O2. The molecule has 3 rings (SSSR count). The summed E-state index contributed by atoms with van der Waals surface area (Å²) in [5.74, 6) is -0.426. The molecule has 1 saturated heterocycles. The van der Waals surface area contributed by atoms with E-state index in [2.05, 4.69) is 20.8 Å². The fourth-order valence-electron chi connectivity index (χ4n) is 2.51. The number of nitrogens with zero attached hydrogens (tertiary/aromatic N) is 1. The van der Waals surface area contributed by atoms with Crippen molar-refractivity contribution in [3.63, 3.8) is 0 Å². The van der Waals surface area contributed by atoms with Gasteiger partial charge in [-0.25, -0.2) is 0 Å². The summed E-state index contributed by atoms with van der Waals surface area (Å²) in [4.78, 5) is 24.1. The van der Waals surface area contributed by atoms with Gasteiger partial charge in [0, 0.05) is 12.1 Å². The second kappa shape index (κ2) is 6.43. The van der Waals surface area contributed by atoms with Crippen LogP contribution in [0.15, 0.2) is 36.4 Å². The van der Waals surface area contributed by atoms with Gasteiger partial charge >= 0.3 is 0 Å². The number of amides is 2. The van der Waals surface area contributed by atoms with Gasteiger partial charge in [-0.05, 0) is 25.3 Å². The van der Waals surface area contributed by atoms with E-state index >= 15 is 0 Å². The zero-order chi connectivity index (χ0) is 15.4. The molecule has 1 aromatic carbocycles. The predicted molar refractivity (Wildman–Crippen MR) is 82.1 cm³/mol. The summed E-state index contributed by atoms with van der Waals surface area (Å²) in [5.41, 5.74) is 2.00. The van der Waals surface area contributed by atoms with Gasteiger partial charge in [-0.3, -0.25) is 14.7 Å². The molecule has 1 aromatic heterocycles. The third kappa shape index (κ3) is 3.16. The van der Waals surface area contributed by atoms with Crippen molar-refractivity contribution < 1.29 is 9.59 Å². The molecule has 1 fully saturated rings. The number of hydrogen-bond acceptors (Lipinski definition) is 3. The van der Waals surface area contributed by atoms with E-state index < -0.39 is 6.04 Å². The topological polar surface area (TPSA) is 86.9 Å². The first kappa shape index (κ1) is 14.3. The maximum Gasteiger partial charge on any atom is 0.269 e. The molecule has 3 N–H and O–H groups in total. The molecule has 1 atom stereocenters. The van der Waals surface area contributed by atoms with Gasteiger partial charge in [-0.1, -0.05) is 30.3 Å². The van der Waals surface area contributed by atoms with E-state index in [1.54, 1.807) is 6.07 Å². The molecule has 1 aliphatic heterocycles. The van der Waals surface area contributed by atoms with Crippen LogP contribution in [0.2, 0.25) is 0 Å². The standard InChI is InChI=1S/C16H18N4O2/c21-15-12(8-4-5-9-17-15)18-16(22)14-10-13(19-20-14)11-6-2-1-3-7-11/h1-3,6-7,10,12H,4-5,8-9H2,(H,17,21)(H,18,22)(H,19,20). The molecule has 2 heterocycles. The lowest BCUT2D eigenvalue weighted by molar-refractivity contribution is -0.122. The molecule has 114 valence electrons. The summed E-state index contributed by atoms with van der Waals surface area (Å²) in [6.07, 6.45) is 2.53. The molecule has 1 aliphatic rings. The first-order valence-electron chi connectivity index (χ1n) is 7.43. The maximum absolute atomic E-state index is 12.3. The van der Waals surface area contributed by atoms with Crippen LogP contribution < -0.4 is 10.6 Å². The number of benzene rings is 1. The van der Waals surface area contributed by atoms with Gasteiger partial charge < -0.3 is 10.6 Å².